The molecule has 76 valence electrons. The van der Waals surface area contributed by atoms with Crippen molar-refractivity contribution in [3.63, 3.8) is 0 Å². The van der Waals surface area contributed by atoms with Crippen molar-refractivity contribution in [2.24, 2.45) is 0 Å². The van der Waals surface area contributed by atoms with Crippen LogP contribution >= 0.6 is 0 Å². The molecule has 1 fully saturated rings. The minimum atomic E-state index is 0.418. The Bertz CT molecular complexity index is 342. The third-order valence-corrected chi connectivity index (χ3v) is 2.85. The van der Waals surface area contributed by atoms with Crippen molar-refractivity contribution in [3.8, 4) is 5.75 Å². The Kier molecular flexibility index (Phi) is 2.46. The molecule has 1 aliphatic carbocycles. The molecule has 2 nitrogen and oxygen atoms in total. The molecular weight excluding hydrogens is 174 g/mol. The summed E-state index contributed by atoms with van der Waals surface area (Å²) in [6, 6.07) is 4.61. The Hall–Kier alpha value is -1.02. The van der Waals surface area contributed by atoms with Crippen molar-refractivity contribution < 1.29 is 5.11 Å². The molecule has 1 saturated carbocycles. The van der Waals surface area contributed by atoms with Crippen molar-refractivity contribution in [1.82, 2.24) is 5.32 Å². The van der Waals surface area contributed by atoms with Gasteiger partial charge < -0.3 is 10.4 Å². The molecule has 2 rings (SSSR count). The lowest BCUT2D eigenvalue weighted by Crippen LogP contribution is -2.15. The molecule has 2 N–H and O–H groups in total. The van der Waals surface area contributed by atoms with Crippen molar-refractivity contribution >= 4 is 0 Å². The first-order valence-electron chi connectivity index (χ1n) is 5.19. The van der Waals surface area contributed by atoms with E-state index in [1.807, 2.05) is 13.0 Å². The van der Waals surface area contributed by atoms with E-state index < -0.39 is 0 Å². The second kappa shape index (κ2) is 3.62. The second-order valence-electron chi connectivity index (χ2n) is 4.22. The number of benzene rings is 1. The van der Waals surface area contributed by atoms with E-state index in [1.54, 1.807) is 0 Å². The molecule has 0 bridgehead atoms. The quantitative estimate of drug-likeness (QED) is 0.768. The first-order chi connectivity index (χ1) is 6.66. The predicted molar refractivity (Wildman–Crippen MR) is 57.4 cm³/mol. The highest BCUT2D eigenvalue weighted by molar-refractivity contribution is 5.40. The zero-order valence-electron chi connectivity index (χ0n) is 8.80. The molecule has 1 aromatic rings. The highest BCUT2D eigenvalue weighted by atomic mass is 16.3. The van der Waals surface area contributed by atoms with Gasteiger partial charge in [0.05, 0.1) is 0 Å². The number of nitrogens with one attached hydrogen (secondary N) is 1. The second-order valence-corrected chi connectivity index (χ2v) is 4.22. The molecule has 0 aromatic heterocycles. The molecule has 0 spiro atoms. The average Bonchev–Trinajstić information content (AvgIpc) is 2.92. The van der Waals surface area contributed by atoms with Gasteiger partial charge in [0.15, 0.2) is 0 Å². The van der Waals surface area contributed by atoms with Gasteiger partial charge >= 0.3 is 0 Å². The predicted octanol–water partition coefficient (Wildman–Crippen LogP) is 2.26. The van der Waals surface area contributed by atoms with Crippen LogP contribution in [0.25, 0.3) is 0 Å². The van der Waals surface area contributed by atoms with Crippen LogP contribution in [0, 0.1) is 13.8 Å². The van der Waals surface area contributed by atoms with Crippen LogP contribution in [0.1, 0.15) is 29.5 Å². The maximum atomic E-state index is 9.71. The fourth-order valence-electron chi connectivity index (χ4n) is 1.54. The van der Waals surface area contributed by atoms with Crippen LogP contribution in [-0.4, -0.2) is 11.1 Å². The van der Waals surface area contributed by atoms with Crippen molar-refractivity contribution in [3.05, 3.63) is 28.8 Å². The van der Waals surface area contributed by atoms with Crippen molar-refractivity contribution in [2.45, 2.75) is 39.3 Å². The summed E-state index contributed by atoms with van der Waals surface area (Å²) in [4.78, 5) is 0. The van der Waals surface area contributed by atoms with Crippen LogP contribution in [-0.2, 0) is 6.54 Å². The molecule has 0 amide bonds. The maximum absolute atomic E-state index is 9.71. The fraction of sp³-hybridized carbons (Fsp3) is 0.500. The Morgan fingerprint density at radius 2 is 1.93 bits per heavy atom. The lowest BCUT2D eigenvalue weighted by molar-refractivity contribution is 0.463. The first kappa shape index (κ1) is 9.53. The van der Waals surface area contributed by atoms with E-state index in [4.69, 9.17) is 0 Å². The van der Waals surface area contributed by atoms with Crippen LogP contribution in [0.3, 0.4) is 0 Å². The van der Waals surface area contributed by atoms with Gasteiger partial charge in [0, 0.05) is 18.2 Å². The molecule has 1 aromatic carbocycles. The highest BCUT2D eigenvalue weighted by Crippen LogP contribution is 2.24. The zero-order valence-corrected chi connectivity index (χ0v) is 8.80. The highest BCUT2D eigenvalue weighted by Gasteiger charge is 2.20. The van der Waals surface area contributed by atoms with Gasteiger partial charge in [-0.3, -0.25) is 0 Å². The summed E-state index contributed by atoms with van der Waals surface area (Å²) < 4.78 is 0. The third-order valence-electron chi connectivity index (χ3n) is 2.85. The Labute approximate surface area is 85.0 Å². The van der Waals surface area contributed by atoms with Crippen LogP contribution in [0.15, 0.2) is 12.1 Å². The van der Waals surface area contributed by atoms with Crippen LogP contribution in [0.5, 0.6) is 5.75 Å². The van der Waals surface area contributed by atoms with E-state index in [9.17, 15) is 5.11 Å². The summed E-state index contributed by atoms with van der Waals surface area (Å²) in [5, 5.41) is 13.1. The van der Waals surface area contributed by atoms with Crippen LogP contribution in [0.2, 0.25) is 0 Å². The fourth-order valence-corrected chi connectivity index (χ4v) is 1.54. The lowest BCUT2D eigenvalue weighted by atomic mass is 10.1. The summed E-state index contributed by atoms with van der Waals surface area (Å²) in [6.07, 6.45) is 2.57. The topological polar surface area (TPSA) is 32.3 Å². The number of hydrogen-bond donors (Lipinski definition) is 2. The maximum Gasteiger partial charge on any atom is 0.120 e. The van der Waals surface area contributed by atoms with Gasteiger partial charge in [-0.15, -0.1) is 0 Å². The van der Waals surface area contributed by atoms with E-state index in [2.05, 4.69) is 18.3 Å². The standard InChI is InChI=1S/C12H17NO/c1-8-5-10(7-13-11-3-4-11)12(14)6-9(8)2/h5-6,11,13-14H,3-4,7H2,1-2H3. The Morgan fingerprint density at radius 3 is 2.57 bits per heavy atom. The summed E-state index contributed by atoms with van der Waals surface area (Å²) in [6.45, 7) is 4.89. The van der Waals surface area contributed by atoms with Crippen LogP contribution < -0.4 is 5.32 Å². The number of phenolic OH excluding ortho intramolecular Hbond substituents is 1. The largest absolute Gasteiger partial charge is 0.508 e. The number of hydrogen-bond acceptors (Lipinski definition) is 2. The molecule has 0 aliphatic heterocycles. The van der Waals surface area contributed by atoms with Gasteiger partial charge in [0.1, 0.15) is 5.75 Å². The number of phenols is 1. The summed E-state index contributed by atoms with van der Waals surface area (Å²) >= 11 is 0. The number of aryl methyl sites for hydroxylation is 2. The smallest absolute Gasteiger partial charge is 0.120 e. The van der Waals surface area contributed by atoms with Crippen LogP contribution in [0.4, 0.5) is 0 Å². The molecule has 0 saturated heterocycles. The molecule has 1 aliphatic rings. The van der Waals surface area contributed by atoms with E-state index >= 15 is 0 Å². The van der Waals surface area contributed by atoms with Gasteiger partial charge in [0.2, 0.25) is 0 Å². The van der Waals surface area contributed by atoms with E-state index in [1.165, 1.54) is 18.4 Å². The Morgan fingerprint density at radius 1 is 1.29 bits per heavy atom. The van der Waals surface area contributed by atoms with Gasteiger partial charge in [-0.05, 0) is 43.9 Å². The molecule has 0 atom stereocenters. The van der Waals surface area contributed by atoms with E-state index in [-0.39, 0.29) is 0 Å². The van der Waals surface area contributed by atoms with Gasteiger partial charge in [-0.1, -0.05) is 6.07 Å². The number of rotatable bonds is 3. The molecular formula is C12H17NO. The molecule has 14 heavy (non-hydrogen) atoms. The zero-order chi connectivity index (χ0) is 10.1. The van der Waals surface area contributed by atoms with Crippen molar-refractivity contribution in [2.75, 3.05) is 0 Å². The molecule has 0 heterocycles. The third kappa shape index (κ3) is 2.07. The minimum absolute atomic E-state index is 0.418. The molecule has 0 radical (unpaired) electrons. The number of aromatic hydroxyl groups is 1. The normalized spacial score (nSPS) is 15.9. The molecule has 0 unspecified atom stereocenters. The SMILES string of the molecule is Cc1cc(O)c(CNC2CC2)cc1C. The lowest BCUT2D eigenvalue weighted by Gasteiger charge is -2.09. The van der Waals surface area contributed by atoms with Gasteiger partial charge in [0.25, 0.3) is 0 Å². The van der Waals surface area contributed by atoms with Gasteiger partial charge in [-0.25, -0.2) is 0 Å². The monoisotopic (exact) mass is 191 g/mol. The summed E-state index contributed by atoms with van der Waals surface area (Å²) in [5.41, 5.74) is 3.41. The average molecular weight is 191 g/mol. The van der Waals surface area contributed by atoms with E-state index in [0.717, 1.165) is 17.7 Å². The Balaban J connectivity index is 2.10. The van der Waals surface area contributed by atoms with Gasteiger partial charge in [-0.2, -0.15) is 0 Å². The summed E-state index contributed by atoms with van der Waals surface area (Å²) in [7, 11) is 0. The summed E-state index contributed by atoms with van der Waals surface area (Å²) in [5.74, 6) is 0.418. The molecule has 2 heteroatoms. The minimum Gasteiger partial charge on any atom is -0.508 e. The van der Waals surface area contributed by atoms with E-state index in [0.29, 0.717) is 11.8 Å². The first-order valence-corrected chi connectivity index (χ1v) is 5.19. The van der Waals surface area contributed by atoms with Crippen molar-refractivity contribution in [1.29, 1.82) is 0 Å².